The van der Waals surface area contributed by atoms with Crippen LogP contribution < -0.4 is 9.80 Å². The van der Waals surface area contributed by atoms with E-state index in [1.807, 2.05) is 36.4 Å². The average molecular weight is 1690 g/mol. The monoisotopic (exact) mass is 1690 g/mol. The molecule has 26 rings (SSSR count). The Morgan fingerprint density at radius 1 is 0.159 bits per heavy atom. The van der Waals surface area contributed by atoms with Gasteiger partial charge in [-0.05, 0) is 274 Å². The normalized spacial score (nSPS) is 12.8. The fourth-order valence-electron chi connectivity index (χ4n) is 20.9. The number of fused-ring (bicyclic) bond motifs is 19. The number of nitrogens with zero attached hydrogens (tertiary/aromatic N) is 2. The lowest BCUT2D eigenvalue weighted by atomic mass is 9.81. The maximum Gasteiger partial charge on any atom is 0.140 e. The van der Waals surface area contributed by atoms with Crippen LogP contribution in [0.2, 0.25) is 0 Å². The number of anilines is 6. The molecule has 0 fully saturated rings. The number of benzene rings is 20. The molecule has 0 unspecified atom stereocenters. The molecule has 20 aromatic carbocycles. The van der Waals surface area contributed by atoms with E-state index >= 15 is 0 Å². The van der Waals surface area contributed by atoms with Gasteiger partial charge in [0.05, 0.1) is 0 Å². The highest BCUT2D eigenvalue weighted by atomic mass is 16.3. The van der Waals surface area contributed by atoms with Crippen molar-refractivity contribution in [2.24, 2.45) is 0 Å². The summed E-state index contributed by atoms with van der Waals surface area (Å²) in [5, 5.41) is 9.18. The third-order valence-corrected chi connectivity index (χ3v) is 27.8. The fourth-order valence-corrected chi connectivity index (χ4v) is 20.9. The summed E-state index contributed by atoms with van der Waals surface area (Å²) in [6.07, 6.45) is 0. The molecule has 6 nitrogen and oxygen atoms in total. The highest BCUT2D eigenvalue weighted by Gasteiger charge is 2.41. The van der Waals surface area contributed by atoms with Gasteiger partial charge in [-0.15, -0.1) is 0 Å². The largest absolute Gasteiger partial charge is 0.456 e. The fraction of sp³-hybridized carbons (Fsp3) is 0.0476. The maximum absolute atomic E-state index is 6.69. The Bertz CT molecular complexity index is 8630. The Labute approximate surface area is 765 Å². The van der Waals surface area contributed by atoms with Crippen molar-refractivity contribution >= 4 is 122 Å². The first-order chi connectivity index (χ1) is 64.9. The van der Waals surface area contributed by atoms with E-state index in [9.17, 15) is 0 Å². The standard InChI is InChI=1S/C66H47NO2.C60H39NO2/c1-65(2)57-36-44(45-25-31-54-52-14-8-10-16-60(52)68-62(54)37-45)24-30-49(57)50-32-28-47(38-58(50)65)67(46-26-22-43(23-27-46)42-20-18-41(19-21-42)40-12-6-5-7-13-40)48-29-33-51-55-34-35-56-53-15-9-11-17-61(53)69-64(56)63(55)66(3,4)59(51)39-48;1-2-8-40(9-3-1)41-14-16-42(17-15-41)44-22-30-50(31-23-44)61(52-34-26-47(27-35-52)49-29-37-56-54-11-5-7-13-58(54)63-60(56)39-49)51-32-24-45(25-33-51)43-18-20-46(21-19-43)48-28-36-55-53-10-4-6-12-57(53)62-59(55)38-48/h5-39H,1-4H3;1-39H. The van der Waals surface area contributed by atoms with Crippen molar-refractivity contribution in [3.63, 3.8) is 0 Å². The van der Waals surface area contributed by atoms with Crippen molar-refractivity contribution in [2.45, 2.75) is 38.5 Å². The molecule has 6 heteroatoms. The van der Waals surface area contributed by atoms with Crippen molar-refractivity contribution in [2.75, 3.05) is 9.80 Å². The Kier molecular flexibility index (Phi) is 18.2. The summed E-state index contributed by atoms with van der Waals surface area (Å²) < 4.78 is 25.4. The molecule has 4 heterocycles. The quantitative estimate of drug-likeness (QED) is 0.108. The first-order valence-electron chi connectivity index (χ1n) is 45.4. The van der Waals surface area contributed by atoms with Gasteiger partial charge in [0.25, 0.3) is 0 Å². The third kappa shape index (κ3) is 13.2. The number of furan rings is 4. The Morgan fingerprint density at radius 3 is 0.765 bits per heavy atom. The number of hydrogen-bond donors (Lipinski definition) is 0. The molecule has 0 saturated heterocycles. The van der Waals surface area contributed by atoms with Crippen LogP contribution in [-0.4, -0.2) is 0 Å². The molecular formula is C126H86N2O4. The van der Waals surface area contributed by atoms with Gasteiger partial charge in [0.1, 0.15) is 44.7 Å². The molecule has 2 aliphatic rings. The minimum atomic E-state index is -0.302. The van der Waals surface area contributed by atoms with Gasteiger partial charge in [0, 0.05) is 93.6 Å². The molecule has 2 aliphatic carbocycles. The zero-order valence-electron chi connectivity index (χ0n) is 73.3. The van der Waals surface area contributed by atoms with Crippen molar-refractivity contribution in [3.05, 3.63) is 471 Å². The predicted octanol–water partition coefficient (Wildman–Crippen LogP) is 35.9. The molecule has 0 spiro atoms. The van der Waals surface area contributed by atoms with Crippen LogP contribution in [0.3, 0.4) is 0 Å². The second-order valence-electron chi connectivity index (χ2n) is 36.2. The molecule has 0 N–H and O–H groups in total. The zero-order chi connectivity index (χ0) is 87.9. The first kappa shape index (κ1) is 77.5. The minimum Gasteiger partial charge on any atom is -0.456 e. The van der Waals surface area contributed by atoms with Crippen molar-refractivity contribution in [1.29, 1.82) is 0 Å². The van der Waals surface area contributed by atoms with Gasteiger partial charge in [0.2, 0.25) is 0 Å². The van der Waals surface area contributed by atoms with Crippen molar-refractivity contribution < 1.29 is 17.7 Å². The minimum absolute atomic E-state index is 0.249. The predicted molar refractivity (Wildman–Crippen MR) is 550 cm³/mol. The molecule has 4 aromatic heterocycles. The third-order valence-electron chi connectivity index (χ3n) is 27.8. The van der Waals surface area contributed by atoms with Gasteiger partial charge in [0.15, 0.2) is 0 Å². The molecular weight excluding hydrogens is 1610 g/mol. The van der Waals surface area contributed by atoms with E-state index in [1.165, 1.54) is 100.0 Å². The molecule has 24 aromatic rings. The Morgan fingerprint density at radius 2 is 0.386 bits per heavy atom. The van der Waals surface area contributed by atoms with E-state index < -0.39 is 0 Å². The highest BCUT2D eigenvalue weighted by molar-refractivity contribution is 6.11. The van der Waals surface area contributed by atoms with Crippen LogP contribution in [0.1, 0.15) is 49.9 Å². The lowest BCUT2D eigenvalue weighted by molar-refractivity contribution is 0.620. The van der Waals surface area contributed by atoms with Gasteiger partial charge >= 0.3 is 0 Å². The Hall–Kier alpha value is -16.8. The van der Waals surface area contributed by atoms with Gasteiger partial charge in [-0.1, -0.05) is 331 Å². The van der Waals surface area contributed by atoms with Gasteiger partial charge < -0.3 is 27.5 Å². The van der Waals surface area contributed by atoms with Crippen molar-refractivity contribution in [1.82, 2.24) is 0 Å². The second-order valence-corrected chi connectivity index (χ2v) is 36.2. The summed E-state index contributed by atoms with van der Waals surface area (Å²) in [6, 6.07) is 162. The van der Waals surface area contributed by atoms with Crippen LogP contribution in [0, 0.1) is 0 Å². The Balaban J connectivity index is 0.000000142. The molecule has 0 aliphatic heterocycles. The molecule has 0 bridgehead atoms. The van der Waals surface area contributed by atoms with Gasteiger partial charge in [-0.25, -0.2) is 0 Å². The molecule has 0 radical (unpaired) electrons. The lowest BCUT2D eigenvalue weighted by Gasteiger charge is -2.30. The van der Waals surface area contributed by atoms with E-state index in [4.69, 9.17) is 17.7 Å². The van der Waals surface area contributed by atoms with Gasteiger partial charge in [-0.3, -0.25) is 0 Å². The topological polar surface area (TPSA) is 59.0 Å². The smallest absolute Gasteiger partial charge is 0.140 e. The van der Waals surface area contributed by atoms with Crippen molar-refractivity contribution in [3.8, 4) is 111 Å². The average Bonchev–Trinajstić information content (AvgIpc) is 1.59. The summed E-state index contributed by atoms with van der Waals surface area (Å²) in [7, 11) is 0. The van der Waals surface area contributed by atoms with E-state index in [0.29, 0.717) is 0 Å². The second kappa shape index (κ2) is 31.0. The van der Waals surface area contributed by atoms with Gasteiger partial charge in [-0.2, -0.15) is 0 Å². The number of hydrogen-bond acceptors (Lipinski definition) is 6. The SMILES string of the molecule is CC1(C)c2cc(-c3ccc4c(c3)oc3ccccc34)ccc2-c2ccc(N(c3ccc(-c4ccc(-c5ccccc5)cc4)cc3)c3ccc4c(c3)C(C)(C)c3c-4ccc4c3oc3ccccc34)cc21.c1ccc(-c2ccc(-c3ccc(N(c4ccc(-c5ccc(-c6ccc7c(c6)oc6ccccc67)cc5)cc4)c4ccc(-c5ccc6c(c5)oc5ccccc56)cc4)cc3)cc2)cc1. The summed E-state index contributed by atoms with van der Waals surface area (Å²) in [5.74, 6) is 0. The van der Waals surface area contributed by atoms with Crippen LogP contribution in [0.25, 0.3) is 199 Å². The first-order valence-corrected chi connectivity index (χ1v) is 45.4. The van der Waals surface area contributed by atoms with E-state index in [2.05, 4.69) is 450 Å². The van der Waals surface area contributed by atoms with E-state index in [1.54, 1.807) is 0 Å². The van der Waals surface area contributed by atoms with E-state index in [-0.39, 0.29) is 10.8 Å². The number of rotatable bonds is 14. The molecule has 0 atom stereocenters. The number of para-hydroxylation sites is 4. The molecule has 0 saturated carbocycles. The molecule has 132 heavy (non-hydrogen) atoms. The van der Waals surface area contributed by atoms with Crippen LogP contribution >= 0.6 is 0 Å². The summed E-state index contributed by atoms with van der Waals surface area (Å²) in [4.78, 5) is 4.78. The van der Waals surface area contributed by atoms with Crippen LogP contribution in [0.5, 0.6) is 0 Å². The highest BCUT2D eigenvalue weighted by Crippen LogP contribution is 2.57. The van der Waals surface area contributed by atoms with Crippen LogP contribution in [0.15, 0.2) is 467 Å². The lowest BCUT2D eigenvalue weighted by Crippen LogP contribution is -2.18. The zero-order valence-corrected chi connectivity index (χ0v) is 73.3. The summed E-state index contributed by atoms with van der Waals surface area (Å²) in [5.41, 5.74) is 42.5. The maximum atomic E-state index is 6.69. The molecule has 0 amide bonds. The summed E-state index contributed by atoms with van der Waals surface area (Å²) >= 11 is 0. The van der Waals surface area contributed by atoms with Crippen LogP contribution in [0.4, 0.5) is 34.1 Å². The summed E-state index contributed by atoms with van der Waals surface area (Å²) in [6.45, 7) is 9.47. The van der Waals surface area contributed by atoms with E-state index in [0.717, 1.165) is 155 Å². The van der Waals surface area contributed by atoms with Crippen LogP contribution in [-0.2, 0) is 10.8 Å². The molecule has 624 valence electrons.